The molecule has 1 heterocycles. The summed E-state index contributed by atoms with van der Waals surface area (Å²) in [5.41, 5.74) is 0.402. The number of aromatic nitrogens is 3. The zero-order chi connectivity index (χ0) is 13.1. The molecule has 0 saturated heterocycles. The molecule has 0 bridgehead atoms. The lowest BCUT2D eigenvalue weighted by Crippen LogP contribution is -2.27. The molecule has 1 unspecified atom stereocenters. The fraction of sp³-hybridized carbons (Fsp3) is 0.182. The van der Waals surface area contributed by atoms with Crippen LogP contribution in [-0.4, -0.2) is 21.1 Å². The van der Waals surface area contributed by atoms with Crippen molar-refractivity contribution in [3.63, 3.8) is 0 Å². The van der Waals surface area contributed by atoms with Crippen molar-refractivity contribution in [1.29, 1.82) is 0 Å². The van der Waals surface area contributed by atoms with Crippen LogP contribution in [0.4, 0.5) is 0 Å². The fourth-order valence-electron chi connectivity index (χ4n) is 1.46. The molecular weight excluding hydrogens is 275 g/mol. The molecule has 18 heavy (non-hydrogen) atoms. The third-order valence-electron chi connectivity index (χ3n) is 2.32. The number of aromatic amines is 1. The molecule has 0 aliphatic carbocycles. The van der Waals surface area contributed by atoms with E-state index >= 15 is 0 Å². The van der Waals surface area contributed by atoms with Crippen molar-refractivity contribution in [2.45, 2.75) is 13.0 Å². The third-order valence-corrected chi connectivity index (χ3v) is 2.75. The Bertz CT molecular complexity index is 536. The van der Waals surface area contributed by atoms with Crippen molar-refractivity contribution in [1.82, 2.24) is 20.5 Å². The molecule has 0 saturated carbocycles. The number of hydrogen-bond donors (Lipinski definition) is 2. The van der Waals surface area contributed by atoms with Crippen LogP contribution in [0.5, 0.6) is 0 Å². The van der Waals surface area contributed by atoms with Gasteiger partial charge in [-0.2, -0.15) is 5.10 Å². The second-order valence-electron chi connectivity index (χ2n) is 3.72. The number of halogens is 2. The zero-order valence-electron chi connectivity index (χ0n) is 9.45. The first-order chi connectivity index (χ1) is 8.56. The van der Waals surface area contributed by atoms with Gasteiger partial charge in [-0.3, -0.25) is 9.89 Å². The molecule has 2 aromatic rings. The average molecular weight is 285 g/mol. The number of carbonyl (C=O) groups is 1. The molecule has 0 radical (unpaired) electrons. The molecule has 1 amide bonds. The fourth-order valence-corrected chi connectivity index (χ4v) is 1.98. The van der Waals surface area contributed by atoms with Gasteiger partial charge in [0.1, 0.15) is 12.2 Å². The number of benzene rings is 1. The molecule has 1 atom stereocenters. The normalized spacial score (nSPS) is 12.2. The van der Waals surface area contributed by atoms with Crippen molar-refractivity contribution >= 4 is 29.1 Å². The van der Waals surface area contributed by atoms with Crippen LogP contribution < -0.4 is 5.32 Å². The van der Waals surface area contributed by atoms with E-state index < -0.39 is 0 Å². The van der Waals surface area contributed by atoms with E-state index in [-0.39, 0.29) is 11.9 Å². The predicted octanol–water partition coefficient (Wildman–Crippen LogP) is 2.60. The van der Waals surface area contributed by atoms with Crippen molar-refractivity contribution in [2.75, 3.05) is 0 Å². The SMILES string of the molecule is CC(NC(=O)c1cc(Cl)cc(Cl)c1)c1ncn[nH]1. The van der Waals surface area contributed by atoms with Crippen LogP contribution in [0.15, 0.2) is 24.5 Å². The van der Waals surface area contributed by atoms with E-state index in [0.717, 1.165) is 0 Å². The van der Waals surface area contributed by atoms with Gasteiger partial charge in [-0.05, 0) is 25.1 Å². The highest BCUT2D eigenvalue weighted by Crippen LogP contribution is 2.19. The van der Waals surface area contributed by atoms with Crippen LogP contribution in [-0.2, 0) is 0 Å². The van der Waals surface area contributed by atoms with Crippen LogP contribution >= 0.6 is 23.2 Å². The van der Waals surface area contributed by atoms with Crippen LogP contribution in [0, 0.1) is 0 Å². The summed E-state index contributed by atoms with van der Waals surface area (Å²) in [5, 5.41) is 10.0. The Morgan fingerprint density at radius 2 is 2.00 bits per heavy atom. The van der Waals surface area contributed by atoms with Gasteiger partial charge in [0.15, 0.2) is 0 Å². The topological polar surface area (TPSA) is 70.7 Å². The minimum absolute atomic E-state index is 0.275. The minimum Gasteiger partial charge on any atom is -0.342 e. The standard InChI is InChI=1S/C11H10Cl2N4O/c1-6(10-14-5-15-17-10)16-11(18)7-2-8(12)4-9(13)3-7/h2-6H,1H3,(H,16,18)(H,14,15,17). The van der Waals surface area contributed by atoms with E-state index in [1.54, 1.807) is 25.1 Å². The summed E-state index contributed by atoms with van der Waals surface area (Å²) in [6, 6.07) is 4.39. The average Bonchev–Trinajstić information content (AvgIpc) is 2.80. The van der Waals surface area contributed by atoms with E-state index in [0.29, 0.717) is 21.4 Å². The maximum Gasteiger partial charge on any atom is 0.251 e. The predicted molar refractivity (Wildman–Crippen MR) is 68.7 cm³/mol. The smallest absolute Gasteiger partial charge is 0.251 e. The highest BCUT2D eigenvalue weighted by atomic mass is 35.5. The Morgan fingerprint density at radius 1 is 1.33 bits per heavy atom. The molecule has 2 N–H and O–H groups in total. The van der Waals surface area contributed by atoms with Gasteiger partial charge in [-0.15, -0.1) is 0 Å². The van der Waals surface area contributed by atoms with Gasteiger partial charge in [0.25, 0.3) is 5.91 Å². The maximum absolute atomic E-state index is 12.0. The molecule has 5 nitrogen and oxygen atoms in total. The maximum atomic E-state index is 12.0. The van der Waals surface area contributed by atoms with Gasteiger partial charge in [0.05, 0.1) is 6.04 Å². The molecular formula is C11H10Cl2N4O. The molecule has 0 aliphatic rings. The third kappa shape index (κ3) is 3.00. The van der Waals surface area contributed by atoms with E-state index in [1.165, 1.54) is 6.33 Å². The van der Waals surface area contributed by atoms with Crippen molar-refractivity contribution in [3.05, 3.63) is 46.0 Å². The lowest BCUT2D eigenvalue weighted by atomic mass is 10.2. The first-order valence-electron chi connectivity index (χ1n) is 5.18. The van der Waals surface area contributed by atoms with Gasteiger partial charge < -0.3 is 5.32 Å². The summed E-state index contributed by atoms with van der Waals surface area (Å²) in [6.07, 6.45) is 1.38. The first-order valence-corrected chi connectivity index (χ1v) is 5.94. The van der Waals surface area contributed by atoms with Crippen LogP contribution in [0.1, 0.15) is 29.1 Å². The quantitative estimate of drug-likeness (QED) is 0.910. The number of amides is 1. The highest BCUT2D eigenvalue weighted by molar-refractivity contribution is 6.35. The molecule has 0 aliphatic heterocycles. The molecule has 0 fully saturated rings. The number of carbonyl (C=O) groups excluding carboxylic acids is 1. The lowest BCUT2D eigenvalue weighted by molar-refractivity contribution is 0.0938. The second kappa shape index (κ2) is 5.37. The van der Waals surface area contributed by atoms with Crippen molar-refractivity contribution in [3.8, 4) is 0 Å². The van der Waals surface area contributed by atoms with Crippen molar-refractivity contribution < 1.29 is 4.79 Å². The highest BCUT2D eigenvalue weighted by Gasteiger charge is 2.14. The van der Waals surface area contributed by atoms with Crippen LogP contribution in [0.3, 0.4) is 0 Å². The lowest BCUT2D eigenvalue weighted by Gasteiger charge is -2.11. The molecule has 94 valence electrons. The Labute approximate surface area is 114 Å². The number of nitrogens with zero attached hydrogens (tertiary/aromatic N) is 2. The summed E-state index contributed by atoms with van der Waals surface area (Å²) < 4.78 is 0. The number of hydrogen-bond acceptors (Lipinski definition) is 3. The van der Waals surface area contributed by atoms with Gasteiger partial charge >= 0.3 is 0 Å². The van der Waals surface area contributed by atoms with Gasteiger partial charge in [-0.25, -0.2) is 4.98 Å². The Balaban J connectivity index is 2.12. The summed E-state index contributed by atoms with van der Waals surface area (Å²) in [7, 11) is 0. The molecule has 0 spiro atoms. The zero-order valence-corrected chi connectivity index (χ0v) is 11.0. The van der Waals surface area contributed by atoms with E-state index in [2.05, 4.69) is 20.5 Å². The second-order valence-corrected chi connectivity index (χ2v) is 4.60. The van der Waals surface area contributed by atoms with Gasteiger partial charge in [-0.1, -0.05) is 23.2 Å². The summed E-state index contributed by atoms with van der Waals surface area (Å²) in [5.74, 6) is 0.305. The Kier molecular flexibility index (Phi) is 3.84. The van der Waals surface area contributed by atoms with Crippen molar-refractivity contribution in [2.24, 2.45) is 0 Å². The van der Waals surface area contributed by atoms with Gasteiger partial charge in [0, 0.05) is 15.6 Å². The number of H-pyrrole nitrogens is 1. The first kappa shape index (κ1) is 12.9. The summed E-state index contributed by atoms with van der Waals surface area (Å²) in [4.78, 5) is 15.9. The molecule has 7 heteroatoms. The largest absolute Gasteiger partial charge is 0.342 e. The number of rotatable bonds is 3. The van der Waals surface area contributed by atoms with E-state index in [4.69, 9.17) is 23.2 Å². The Morgan fingerprint density at radius 3 is 2.56 bits per heavy atom. The van der Waals surface area contributed by atoms with Gasteiger partial charge in [0.2, 0.25) is 0 Å². The Hall–Kier alpha value is -1.59. The summed E-state index contributed by atoms with van der Waals surface area (Å²) >= 11 is 11.7. The molecule has 1 aromatic carbocycles. The van der Waals surface area contributed by atoms with Crippen LogP contribution in [0.25, 0.3) is 0 Å². The van der Waals surface area contributed by atoms with Crippen LogP contribution in [0.2, 0.25) is 10.0 Å². The van der Waals surface area contributed by atoms with E-state index in [1.807, 2.05) is 0 Å². The number of nitrogens with one attached hydrogen (secondary N) is 2. The molecule has 1 aromatic heterocycles. The minimum atomic E-state index is -0.280. The molecule has 2 rings (SSSR count). The summed E-state index contributed by atoms with van der Waals surface area (Å²) in [6.45, 7) is 1.80. The monoisotopic (exact) mass is 284 g/mol. The van der Waals surface area contributed by atoms with E-state index in [9.17, 15) is 4.79 Å².